The molecule has 5 heteroatoms. The van der Waals surface area contributed by atoms with E-state index in [-0.39, 0.29) is 18.6 Å². The number of rotatable bonds is 2. The van der Waals surface area contributed by atoms with Gasteiger partial charge in [0.1, 0.15) is 11.2 Å². The molecule has 92 valence electrons. The summed E-state index contributed by atoms with van der Waals surface area (Å²) in [7, 11) is 1.78. The molecule has 1 aliphatic carbocycles. The zero-order valence-electron chi connectivity index (χ0n) is 9.88. The number of Topliss-reactive ketones (excluding diaryl/α,β-unsaturated/α-hetero) is 1. The second-order valence-electron chi connectivity index (χ2n) is 4.77. The third-order valence-electron chi connectivity index (χ3n) is 3.62. The van der Waals surface area contributed by atoms with Crippen LogP contribution in [0.25, 0.3) is 10.9 Å². The van der Waals surface area contributed by atoms with E-state index in [0.29, 0.717) is 5.69 Å². The van der Waals surface area contributed by atoms with Gasteiger partial charge in [-0.15, -0.1) is 0 Å². The number of para-hydroxylation sites is 1. The van der Waals surface area contributed by atoms with Crippen molar-refractivity contribution >= 4 is 22.7 Å². The summed E-state index contributed by atoms with van der Waals surface area (Å²) in [5.74, 6) is -0.988. The molecule has 18 heavy (non-hydrogen) atoms. The van der Waals surface area contributed by atoms with Crippen molar-refractivity contribution in [3.63, 3.8) is 0 Å². The smallest absolute Gasteiger partial charge is 0.316 e. The molecule has 1 fully saturated rings. The van der Waals surface area contributed by atoms with E-state index in [2.05, 4.69) is 5.10 Å². The van der Waals surface area contributed by atoms with E-state index in [0.717, 1.165) is 10.9 Å². The Morgan fingerprint density at radius 1 is 1.39 bits per heavy atom. The van der Waals surface area contributed by atoms with Gasteiger partial charge in [-0.1, -0.05) is 18.2 Å². The van der Waals surface area contributed by atoms with E-state index in [1.54, 1.807) is 11.7 Å². The molecule has 5 nitrogen and oxygen atoms in total. The number of hydrogen-bond donors (Lipinski definition) is 1. The number of fused-ring (bicyclic) bond motifs is 1. The second-order valence-corrected chi connectivity index (χ2v) is 4.77. The predicted molar refractivity (Wildman–Crippen MR) is 64.3 cm³/mol. The van der Waals surface area contributed by atoms with Crippen molar-refractivity contribution in [3.05, 3.63) is 30.0 Å². The molecule has 0 radical (unpaired) electrons. The molecular formula is C13H12N2O3. The second kappa shape index (κ2) is 3.41. The molecule has 1 heterocycles. The maximum absolute atomic E-state index is 11.5. The molecule has 1 aromatic heterocycles. The van der Waals surface area contributed by atoms with Gasteiger partial charge >= 0.3 is 5.97 Å². The standard InChI is InChI=1S/C13H12N2O3/c1-15-10-5-3-2-4-9(10)11(14-15)13(12(17)18)6-8(16)7-13/h2-5H,6-7H2,1H3,(H,17,18). The maximum Gasteiger partial charge on any atom is 0.316 e. The van der Waals surface area contributed by atoms with Gasteiger partial charge in [0, 0.05) is 25.3 Å². The highest BCUT2D eigenvalue weighted by Gasteiger charge is 2.54. The maximum atomic E-state index is 11.5. The summed E-state index contributed by atoms with van der Waals surface area (Å²) in [6.45, 7) is 0. The van der Waals surface area contributed by atoms with Crippen LogP contribution in [0.15, 0.2) is 24.3 Å². The van der Waals surface area contributed by atoms with E-state index < -0.39 is 11.4 Å². The van der Waals surface area contributed by atoms with Gasteiger partial charge in [-0.05, 0) is 6.07 Å². The summed E-state index contributed by atoms with van der Waals surface area (Å²) in [5, 5.41) is 14.6. The van der Waals surface area contributed by atoms with Gasteiger partial charge in [0.15, 0.2) is 0 Å². The average molecular weight is 244 g/mol. The van der Waals surface area contributed by atoms with Gasteiger partial charge in [0.2, 0.25) is 0 Å². The van der Waals surface area contributed by atoms with Crippen LogP contribution < -0.4 is 0 Å². The molecular weight excluding hydrogens is 232 g/mol. The van der Waals surface area contributed by atoms with Crippen LogP contribution in [-0.4, -0.2) is 26.6 Å². The first-order chi connectivity index (χ1) is 8.54. The number of aliphatic carboxylic acids is 1. The van der Waals surface area contributed by atoms with Crippen molar-refractivity contribution in [2.75, 3.05) is 0 Å². The molecule has 3 rings (SSSR count). The fraction of sp³-hybridized carbons (Fsp3) is 0.308. The molecule has 1 aromatic carbocycles. The van der Waals surface area contributed by atoms with Crippen LogP contribution in [0.5, 0.6) is 0 Å². The van der Waals surface area contributed by atoms with Crippen molar-refractivity contribution in [2.24, 2.45) is 7.05 Å². The summed E-state index contributed by atoms with van der Waals surface area (Å²) in [6.07, 6.45) is 0.0900. The van der Waals surface area contributed by atoms with Gasteiger partial charge in [-0.25, -0.2) is 0 Å². The SMILES string of the molecule is Cn1nc(C2(C(=O)O)CC(=O)C2)c2ccccc21. The van der Waals surface area contributed by atoms with E-state index >= 15 is 0 Å². The quantitative estimate of drug-likeness (QED) is 0.863. The Labute approximate surface area is 103 Å². The van der Waals surface area contributed by atoms with E-state index in [1.165, 1.54) is 0 Å². The summed E-state index contributed by atoms with van der Waals surface area (Å²) in [5.41, 5.74) is 0.262. The number of carboxylic acid groups (broad SMARTS) is 1. The summed E-state index contributed by atoms with van der Waals surface area (Å²) in [4.78, 5) is 22.7. The van der Waals surface area contributed by atoms with Gasteiger partial charge in [0.25, 0.3) is 0 Å². The highest BCUT2D eigenvalue weighted by atomic mass is 16.4. The van der Waals surface area contributed by atoms with Gasteiger partial charge in [0.05, 0.1) is 11.2 Å². The normalized spacial score (nSPS) is 17.7. The number of hydrogen-bond acceptors (Lipinski definition) is 3. The van der Waals surface area contributed by atoms with Crippen molar-refractivity contribution < 1.29 is 14.7 Å². The fourth-order valence-electron chi connectivity index (χ4n) is 2.61. The van der Waals surface area contributed by atoms with E-state index in [4.69, 9.17) is 0 Å². The zero-order valence-corrected chi connectivity index (χ0v) is 9.88. The minimum atomic E-state index is -1.13. The Kier molecular flexibility index (Phi) is 2.08. The molecule has 1 N–H and O–H groups in total. The monoisotopic (exact) mass is 244 g/mol. The van der Waals surface area contributed by atoms with E-state index in [1.807, 2.05) is 24.3 Å². The van der Waals surface area contributed by atoms with E-state index in [9.17, 15) is 14.7 Å². The summed E-state index contributed by atoms with van der Waals surface area (Å²) >= 11 is 0. The summed E-state index contributed by atoms with van der Waals surface area (Å²) < 4.78 is 1.66. The highest BCUT2D eigenvalue weighted by molar-refractivity contribution is 6.03. The molecule has 1 saturated carbocycles. The Hall–Kier alpha value is -2.17. The topological polar surface area (TPSA) is 72.2 Å². The van der Waals surface area contributed by atoms with Gasteiger partial charge in [-0.3, -0.25) is 14.3 Å². The summed E-state index contributed by atoms with van der Waals surface area (Å²) in [6, 6.07) is 7.48. The third-order valence-corrected chi connectivity index (χ3v) is 3.62. The first-order valence-electron chi connectivity index (χ1n) is 5.72. The first kappa shape index (κ1) is 11.0. The molecule has 0 amide bonds. The number of carboxylic acids is 1. The first-order valence-corrected chi connectivity index (χ1v) is 5.72. The van der Waals surface area contributed by atoms with Crippen LogP contribution in [0.2, 0.25) is 0 Å². The highest BCUT2D eigenvalue weighted by Crippen LogP contribution is 2.43. The van der Waals surface area contributed by atoms with Crippen LogP contribution >= 0.6 is 0 Å². The molecule has 0 saturated heterocycles. The van der Waals surface area contributed by atoms with Crippen molar-refractivity contribution in [1.29, 1.82) is 0 Å². The van der Waals surface area contributed by atoms with Crippen LogP contribution in [-0.2, 0) is 22.1 Å². The number of carbonyl (C=O) groups excluding carboxylic acids is 1. The largest absolute Gasteiger partial charge is 0.481 e. The zero-order chi connectivity index (χ0) is 12.9. The van der Waals surface area contributed by atoms with Crippen LogP contribution in [0.4, 0.5) is 0 Å². The van der Waals surface area contributed by atoms with Crippen molar-refractivity contribution in [3.8, 4) is 0 Å². The molecule has 0 bridgehead atoms. The molecule has 0 unspecified atom stereocenters. The third kappa shape index (κ3) is 1.24. The van der Waals surface area contributed by atoms with Crippen LogP contribution in [0.3, 0.4) is 0 Å². The number of ketones is 1. The number of aryl methyl sites for hydroxylation is 1. The lowest BCUT2D eigenvalue weighted by atomic mass is 9.65. The van der Waals surface area contributed by atoms with Gasteiger partial charge in [-0.2, -0.15) is 5.10 Å². The number of nitrogens with zero attached hydrogens (tertiary/aromatic N) is 2. The Morgan fingerprint density at radius 3 is 2.67 bits per heavy atom. The minimum Gasteiger partial charge on any atom is -0.481 e. The fourth-order valence-corrected chi connectivity index (χ4v) is 2.61. The van der Waals surface area contributed by atoms with Gasteiger partial charge < -0.3 is 5.11 Å². The Balaban J connectivity index is 2.25. The Morgan fingerprint density at radius 2 is 2.06 bits per heavy atom. The lowest BCUT2D eigenvalue weighted by Crippen LogP contribution is -2.48. The number of benzene rings is 1. The Bertz CT molecular complexity index is 664. The average Bonchev–Trinajstić information content (AvgIpc) is 2.63. The lowest BCUT2D eigenvalue weighted by molar-refractivity contribution is -0.153. The molecule has 0 spiro atoms. The van der Waals surface area contributed by atoms with Crippen LogP contribution in [0.1, 0.15) is 18.5 Å². The van der Waals surface area contributed by atoms with Crippen LogP contribution in [0, 0.1) is 0 Å². The van der Waals surface area contributed by atoms with Crippen molar-refractivity contribution in [2.45, 2.75) is 18.3 Å². The lowest BCUT2D eigenvalue weighted by Gasteiger charge is -2.34. The number of aromatic nitrogens is 2. The minimum absolute atomic E-state index is 0.0212. The van der Waals surface area contributed by atoms with Crippen molar-refractivity contribution in [1.82, 2.24) is 9.78 Å². The molecule has 0 atom stereocenters. The predicted octanol–water partition coefficient (Wildman–Crippen LogP) is 1.26. The molecule has 1 aliphatic rings. The molecule has 2 aromatic rings. The number of carbonyl (C=O) groups is 2. The molecule has 0 aliphatic heterocycles.